The molecule has 0 aliphatic rings. The predicted molar refractivity (Wildman–Crippen MR) is 82.8 cm³/mol. The number of aromatic nitrogens is 2. The summed E-state index contributed by atoms with van der Waals surface area (Å²) in [5, 5.41) is 15.5. The third-order valence-corrected chi connectivity index (χ3v) is 3.48. The maximum absolute atomic E-state index is 10.7. The highest BCUT2D eigenvalue weighted by molar-refractivity contribution is 6.30. The lowest BCUT2D eigenvalue weighted by Crippen LogP contribution is -2.21. The number of halogens is 1. The second-order valence-electron chi connectivity index (χ2n) is 5.08. The highest BCUT2D eigenvalue weighted by atomic mass is 35.5. The minimum absolute atomic E-state index is 0.571. The Morgan fingerprint density at radius 2 is 2.19 bits per heavy atom. The molecule has 114 valence electrons. The lowest BCUT2D eigenvalue weighted by atomic mass is 10.1. The van der Waals surface area contributed by atoms with E-state index >= 15 is 0 Å². The van der Waals surface area contributed by atoms with Gasteiger partial charge in [0.1, 0.15) is 11.8 Å². The number of benzene rings is 1. The van der Waals surface area contributed by atoms with E-state index in [2.05, 4.69) is 10.00 Å². The van der Waals surface area contributed by atoms with E-state index in [0.717, 1.165) is 6.54 Å². The van der Waals surface area contributed by atoms with Crippen LogP contribution in [-0.4, -0.2) is 47.5 Å². The molecule has 0 spiro atoms. The SMILES string of the molecule is COc1cnn(CCN(C)C)c1C(O)c1cccc(Cl)c1. The smallest absolute Gasteiger partial charge is 0.163 e. The Hall–Kier alpha value is -1.56. The second-order valence-corrected chi connectivity index (χ2v) is 5.52. The van der Waals surface area contributed by atoms with E-state index in [9.17, 15) is 5.11 Å². The molecule has 1 aromatic heterocycles. The standard InChI is InChI=1S/C15H20ClN3O2/c1-18(2)7-8-19-14(13(21-3)10-17-19)15(20)11-5-4-6-12(16)9-11/h4-6,9-10,15,20H,7-8H2,1-3H3. The summed E-state index contributed by atoms with van der Waals surface area (Å²) in [4.78, 5) is 2.06. The van der Waals surface area contributed by atoms with Crippen molar-refractivity contribution in [2.24, 2.45) is 0 Å². The molecule has 21 heavy (non-hydrogen) atoms. The van der Waals surface area contributed by atoms with Crippen LogP contribution >= 0.6 is 11.6 Å². The molecule has 0 saturated carbocycles. The quantitative estimate of drug-likeness (QED) is 0.888. The molecule has 0 saturated heterocycles. The zero-order valence-electron chi connectivity index (χ0n) is 12.5. The molecule has 5 nitrogen and oxygen atoms in total. The first-order chi connectivity index (χ1) is 10.0. The number of hydrogen-bond acceptors (Lipinski definition) is 4. The Morgan fingerprint density at radius 1 is 1.43 bits per heavy atom. The van der Waals surface area contributed by atoms with Gasteiger partial charge in [-0.3, -0.25) is 4.68 Å². The van der Waals surface area contributed by atoms with Gasteiger partial charge in [-0.1, -0.05) is 23.7 Å². The van der Waals surface area contributed by atoms with Crippen molar-refractivity contribution < 1.29 is 9.84 Å². The van der Waals surface area contributed by atoms with Crippen LogP contribution in [0.2, 0.25) is 5.02 Å². The maximum atomic E-state index is 10.7. The van der Waals surface area contributed by atoms with Crippen LogP contribution < -0.4 is 4.74 Å². The summed E-state index contributed by atoms with van der Waals surface area (Å²) in [5.41, 5.74) is 1.36. The average molecular weight is 310 g/mol. The molecule has 0 aliphatic heterocycles. The molecule has 2 aromatic rings. The largest absolute Gasteiger partial charge is 0.493 e. The van der Waals surface area contributed by atoms with Gasteiger partial charge in [0.05, 0.1) is 19.9 Å². The third kappa shape index (κ3) is 3.75. The van der Waals surface area contributed by atoms with Crippen molar-refractivity contribution in [3.8, 4) is 5.75 Å². The molecule has 0 bridgehead atoms. The van der Waals surface area contributed by atoms with Gasteiger partial charge in [-0.25, -0.2) is 0 Å². The first-order valence-corrected chi connectivity index (χ1v) is 7.08. The van der Waals surface area contributed by atoms with Crippen LogP contribution in [0.5, 0.6) is 5.75 Å². The van der Waals surface area contributed by atoms with E-state index in [-0.39, 0.29) is 0 Å². The molecule has 2 rings (SSSR count). The van der Waals surface area contributed by atoms with Crippen LogP contribution in [0.25, 0.3) is 0 Å². The zero-order chi connectivity index (χ0) is 15.4. The lowest BCUT2D eigenvalue weighted by Gasteiger charge is -2.17. The van der Waals surface area contributed by atoms with E-state index < -0.39 is 6.10 Å². The number of rotatable bonds is 6. The lowest BCUT2D eigenvalue weighted by molar-refractivity contribution is 0.200. The predicted octanol–water partition coefficient (Wildman–Crippen LogP) is 2.19. The van der Waals surface area contributed by atoms with Gasteiger partial charge in [0.15, 0.2) is 5.75 Å². The van der Waals surface area contributed by atoms with Crippen molar-refractivity contribution in [1.29, 1.82) is 0 Å². The Bertz CT molecular complexity index is 598. The van der Waals surface area contributed by atoms with Crippen molar-refractivity contribution in [3.05, 3.63) is 46.7 Å². The molecule has 1 atom stereocenters. The highest BCUT2D eigenvalue weighted by Crippen LogP contribution is 2.30. The number of nitrogens with zero attached hydrogens (tertiary/aromatic N) is 3. The van der Waals surface area contributed by atoms with E-state index in [0.29, 0.717) is 28.6 Å². The topological polar surface area (TPSA) is 50.5 Å². The molecule has 1 unspecified atom stereocenters. The molecule has 0 radical (unpaired) electrons. The van der Waals surface area contributed by atoms with Gasteiger partial charge < -0.3 is 14.7 Å². The van der Waals surface area contributed by atoms with Crippen molar-refractivity contribution in [3.63, 3.8) is 0 Å². The Morgan fingerprint density at radius 3 is 2.81 bits per heavy atom. The van der Waals surface area contributed by atoms with Gasteiger partial charge in [-0.2, -0.15) is 5.10 Å². The van der Waals surface area contributed by atoms with Crippen molar-refractivity contribution in [1.82, 2.24) is 14.7 Å². The van der Waals surface area contributed by atoms with Crippen molar-refractivity contribution >= 4 is 11.6 Å². The van der Waals surface area contributed by atoms with Gasteiger partial charge in [-0.05, 0) is 31.8 Å². The number of aliphatic hydroxyl groups excluding tert-OH is 1. The number of likely N-dealkylation sites (N-methyl/N-ethyl adjacent to an activating group) is 1. The number of aliphatic hydroxyl groups is 1. The molecule has 0 fully saturated rings. The summed E-state index contributed by atoms with van der Waals surface area (Å²) in [6.07, 6.45) is 0.794. The molecule has 1 N–H and O–H groups in total. The van der Waals surface area contributed by atoms with Crippen LogP contribution in [0.1, 0.15) is 17.4 Å². The van der Waals surface area contributed by atoms with E-state index in [1.165, 1.54) is 0 Å². The zero-order valence-corrected chi connectivity index (χ0v) is 13.2. The number of ether oxygens (including phenoxy) is 1. The van der Waals surface area contributed by atoms with E-state index in [1.54, 1.807) is 30.1 Å². The molecular weight excluding hydrogens is 290 g/mol. The average Bonchev–Trinajstić information content (AvgIpc) is 2.87. The maximum Gasteiger partial charge on any atom is 0.163 e. The van der Waals surface area contributed by atoms with Gasteiger partial charge >= 0.3 is 0 Å². The van der Waals surface area contributed by atoms with Crippen LogP contribution in [-0.2, 0) is 6.54 Å². The molecule has 1 aromatic carbocycles. The summed E-state index contributed by atoms with van der Waals surface area (Å²) in [5.74, 6) is 0.571. The van der Waals surface area contributed by atoms with Gasteiger partial charge in [0, 0.05) is 11.6 Å². The molecule has 1 heterocycles. The third-order valence-electron chi connectivity index (χ3n) is 3.25. The summed E-state index contributed by atoms with van der Waals surface area (Å²) >= 11 is 6.00. The van der Waals surface area contributed by atoms with Crippen LogP contribution in [0, 0.1) is 0 Å². The fourth-order valence-electron chi connectivity index (χ4n) is 2.12. The van der Waals surface area contributed by atoms with E-state index in [1.807, 2.05) is 26.2 Å². The van der Waals surface area contributed by atoms with Crippen LogP contribution in [0.4, 0.5) is 0 Å². The minimum atomic E-state index is -0.830. The van der Waals surface area contributed by atoms with Crippen molar-refractivity contribution in [2.45, 2.75) is 12.6 Å². The molecule has 0 aliphatic carbocycles. The number of methoxy groups -OCH3 is 1. The summed E-state index contributed by atoms with van der Waals surface area (Å²) in [6, 6.07) is 7.17. The fraction of sp³-hybridized carbons (Fsp3) is 0.400. The van der Waals surface area contributed by atoms with Crippen molar-refractivity contribution in [2.75, 3.05) is 27.7 Å². The molecule has 6 heteroatoms. The Balaban J connectivity index is 2.34. The fourth-order valence-corrected chi connectivity index (χ4v) is 2.32. The van der Waals surface area contributed by atoms with Gasteiger partial charge in [0.25, 0.3) is 0 Å². The van der Waals surface area contributed by atoms with Crippen LogP contribution in [0.3, 0.4) is 0 Å². The van der Waals surface area contributed by atoms with E-state index in [4.69, 9.17) is 16.3 Å². The first kappa shape index (κ1) is 15.8. The summed E-state index contributed by atoms with van der Waals surface area (Å²) in [7, 11) is 5.56. The summed E-state index contributed by atoms with van der Waals surface area (Å²) in [6.45, 7) is 1.49. The Kier molecular flexibility index (Phi) is 5.22. The second kappa shape index (κ2) is 6.93. The monoisotopic (exact) mass is 309 g/mol. The van der Waals surface area contributed by atoms with Gasteiger partial charge in [-0.15, -0.1) is 0 Å². The molecular formula is C15H20ClN3O2. The van der Waals surface area contributed by atoms with Crippen LogP contribution in [0.15, 0.2) is 30.5 Å². The first-order valence-electron chi connectivity index (χ1n) is 6.71. The highest BCUT2D eigenvalue weighted by Gasteiger charge is 2.21. The van der Waals surface area contributed by atoms with Gasteiger partial charge in [0.2, 0.25) is 0 Å². The Labute approximate surface area is 129 Å². The number of hydrogen-bond donors (Lipinski definition) is 1. The molecule has 0 amide bonds. The summed E-state index contributed by atoms with van der Waals surface area (Å²) < 4.78 is 7.08. The minimum Gasteiger partial charge on any atom is -0.493 e. The normalized spacial score (nSPS) is 12.7.